The monoisotopic (exact) mass is 410 g/mol. The van der Waals surface area contributed by atoms with Crippen molar-refractivity contribution >= 4 is 23.4 Å². The Labute approximate surface area is 174 Å². The minimum atomic E-state index is -0.447. The van der Waals surface area contributed by atoms with Crippen LogP contribution >= 0.6 is 11.8 Å². The first-order valence-electron chi connectivity index (χ1n) is 10.0. The number of H-pyrrole nitrogens is 1. The van der Waals surface area contributed by atoms with Gasteiger partial charge in [0.25, 0.3) is 5.56 Å². The number of allylic oxidation sites excluding steroid dienone is 2. The van der Waals surface area contributed by atoms with Crippen LogP contribution in [-0.2, 0) is 4.79 Å². The van der Waals surface area contributed by atoms with E-state index in [-0.39, 0.29) is 16.8 Å². The van der Waals surface area contributed by atoms with Gasteiger partial charge in [0.15, 0.2) is 10.9 Å². The normalized spacial score (nSPS) is 21.2. The fraction of sp³-hybridized carbons (Fsp3) is 0.455. The molecule has 1 aliphatic heterocycles. The van der Waals surface area contributed by atoms with Crippen LogP contribution in [-0.4, -0.2) is 26.0 Å². The lowest BCUT2D eigenvalue weighted by molar-refractivity contribution is -0.118. The summed E-state index contributed by atoms with van der Waals surface area (Å²) in [7, 11) is 0. The van der Waals surface area contributed by atoms with Crippen LogP contribution in [0.2, 0.25) is 0 Å². The van der Waals surface area contributed by atoms with E-state index in [0.29, 0.717) is 33.8 Å². The van der Waals surface area contributed by atoms with E-state index in [1.807, 2.05) is 12.1 Å². The first-order valence-corrected chi connectivity index (χ1v) is 10.9. The number of pyridine rings is 1. The van der Waals surface area contributed by atoms with E-state index >= 15 is 0 Å². The second-order valence-electron chi connectivity index (χ2n) is 8.65. The van der Waals surface area contributed by atoms with Gasteiger partial charge in [-0.1, -0.05) is 45.5 Å². The van der Waals surface area contributed by atoms with E-state index in [4.69, 9.17) is 4.98 Å². The molecule has 1 aliphatic carbocycles. The molecule has 0 amide bonds. The Morgan fingerprint density at radius 2 is 2.10 bits per heavy atom. The van der Waals surface area contributed by atoms with Crippen LogP contribution in [0.5, 0.6) is 0 Å². The number of nitrogens with zero attached hydrogens (tertiary/aromatic N) is 2. The van der Waals surface area contributed by atoms with Crippen molar-refractivity contribution < 1.29 is 4.79 Å². The Hall–Kier alpha value is -2.41. The number of thioether (sulfide) groups is 1. The molecule has 0 aromatic carbocycles. The van der Waals surface area contributed by atoms with Crippen LogP contribution in [0.3, 0.4) is 0 Å². The van der Waals surface area contributed by atoms with Crippen LogP contribution in [0.1, 0.15) is 64.0 Å². The molecule has 0 bridgehead atoms. The van der Waals surface area contributed by atoms with Crippen LogP contribution in [0, 0.1) is 5.41 Å². The Balaban J connectivity index is 1.90. The summed E-state index contributed by atoms with van der Waals surface area (Å²) >= 11 is 1.56. The maximum absolute atomic E-state index is 13.1. The zero-order chi connectivity index (χ0) is 20.8. The Kier molecular flexibility index (Phi) is 5.11. The summed E-state index contributed by atoms with van der Waals surface area (Å²) in [5, 5.41) is 4.30. The number of hydrogen-bond donors (Lipinski definition) is 2. The molecule has 2 aliphatic rings. The highest BCUT2D eigenvalue weighted by molar-refractivity contribution is 7.99. The number of aromatic nitrogens is 3. The van der Waals surface area contributed by atoms with Crippen molar-refractivity contribution in [2.75, 3.05) is 5.32 Å². The molecule has 0 spiro atoms. The van der Waals surface area contributed by atoms with Gasteiger partial charge in [0.1, 0.15) is 5.82 Å². The molecule has 0 radical (unpaired) electrons. The molecule has 3 heterocycles. The molecular weight excluding hydrogens is 384 g/mol. The maximum atomic E-state index is 13.1. The molecule has 7 heteroatoms. The number of nitrogens with one attached hydrogen (secondary N) is 2. The van der Waals surface area contributed by atoms with E-state index < -0.39 is 5.92 Å². The van der Waals surface area contributed by atoms with Crippen LogP contribution in [0.4, 0.5) is 5.82 Å². The van der Waals surface area contributed by atoms with Crippen molar-refractivity contribution in [1.29, 1.82) is 0 Å². The fourth-order valence-corrected chi connectivity index (χ4v) is 4.95. The predicted molar refractivity (Wildman–Crippen MR) is 115 cm³/mol. The Morgan fingerprint density at radius 1 is 1.31 bits per heavy atom. The number of hydrogen-bond acceptors (Lipinski definition) is 6. The van der Waals surface area contributed by atoms with Gasteiger partial charge in [-0.3, -0.25) is 14.6 Å². The average Bonchev–Trinajstić information content (AvgIpc) is 2.66. The molecule has 29 heavy (non-hydrogen) atoms. The number of Topliss-reactive ketones (excluding diaryl/α,β-unsaturated/α-hetero) is 1. The molecule has 6 nitrogen and oxygen atoms in total. The largest absolute Gasteiger partial charge is 0.343 e. The molecule has 2 aromatic rings. The highest BCUT2D eigenvalue weighted by Gasteiger charge is 2.42. The van der Waals surface area contributed by atoms with Crippen molar-refractivity contribution in [3.8, 4) is 0 Å². The molecule has 0 saturated heterocycles. The molecule has 2 N–H and O–H groups in total. The topological polar surface area (TPSA) is 87.7 Å². The molecule has 4 rings (SSSR count). The number of fused-ring (bicyclic) bond motifs is 1. The molecule has 152 valence electrons. The summed E-state index contributed by atoms with van der Waals surface area (Å²) in [6, 6.07) is 3.76. The summed E-state index contributed by atoms with van der Waals surface area (Å²) < 4.78 is 0. The molecule has 0 saturated carbocycles. The number of carbonyl (C=O) groups is 1. The van der Waals surface area contributed by atoms with Gasteiger partial charge in [-0.15, -0.1) is 0 Å². The lowest BCUT2D eigenvalue weighted by atomic mass is 9.69. The Morgan fingerprint density at radius 3 is 2.79 bits per heavy atom. The van der Waals surface area contributed by atoms with Crippen molar-refractivity contribution in [2.45, 2.75) is 63.3 Å². The SMILES string of the molecule is CCC(C)Sc1nc2c(c(=O)[nH]1)C(c1cccnc1)C1=C(CC(C)(C)CC1=O)N2. The third-order valence-electron chi connectivity index (χ3n) is 5.61. The van der Waals surface area contributed by atoms with Gasteiger partial charge in [0.05, 0.1) is 5.56 Å². The number of ketones is 1. The average molecular weight is 411 g/mol. The molecular formula is C22H26N4O2S. The van der Waals surface area contributed by atoms with Gasteiger partial charge in [-0.25, -0.2) is 4.98 Å². The molecule has 0 fully saturated rings. The fourth-order valence-electron chi connectivity index (χ4n) is 4.10. The number of aromatic amines is 1. The Bertz CT molecular complexity index is 1040. The lowest BCUT2D eigenvalue weighted by Crippen LogP contribution is -2.37. The van der Waals surface area contributed by atoms with Crippen molar-refractivity contribution in [3.05, 3.63) is 57.3 Å². The van der Waals surface area contributed by atoms with Crippen molar-refractivity contribution in [2.24, 2.45) is 5.41 Å². The first kappa shape index (κ1) is 19.9. The standard InChI is InChI=1S/C22H26N4O2S/c1-5-12(2)29-21-25-19-18(20(28)26-21)16(13-7-6-8-23-11-13)17-14(24-19)9-22(3,4)10-15(17)27/h6-8,11-12,16H,5,9-10H2,1-4H3,(H2,24,25,26,28). The minimum absolute atomic E-state index is 0.0840. The van der Waals surface area contributed by atoms with E-state index in [9.17, 15) is 9.59 Å². The molecule has 2 aromatic heterocycles. The van der Waals surface area contributed by atoms with E-state index in [1.165, 1.54) is 0 Å². The van der Waals surface area contributed by atoms with Gasteiger partial charge in [0, 0.05) is 41.3 Å². The van der Waals surface area contributed by atoms with E-state index in [2.05, 4.69) is 43.0 Å². The van der Waals surface area contributed by atoms with Gasteiger partial charge >= 0.3 is 0 Å². The summed E-state index contributed by atoms with van der Waals surface area (Å²) in [5.41, 5.74) is 2.56. The van der Waals surface area contributed by atoms with Crippen LogP contribution < -0.4 is 10.9 Å². The minimum Gasteiger partial charge on any atom is -0.343 e. The predicted octanol–water partition coefficient (Wildman–Crippen LogP) is 4.26. The van der Waals surface area contributed by atoms with E-state index in [0.717, 1.165) is 24.1 Å². The zero-order valence-corrected chi connectivity index (χ0v) is 18.0. The summed E-state index contributed by atoms with van der Waals surface area (Å²) in [6.07, 6.45) is 5.62. The molecule has 2 unspecified atom stereocenters. The van der Waals surface area contributed by atoms with Crippen LogP contribution in [0.15, 0.2) is 45.7 Å². The number of carbonyl (C=O) groups excluding carboxylic acids is 1. The number of anilines is 1. The third-order valence-corrected chi connectivity index (χ3v) is 6.76. The van der Waals surface area contributed by atoms with Crippen molar-refractivity contribution in [1.82, 2.24) is 15.0 Å². The van der Waals surface area contributed by atoms with Gasteiger partial charge in [-0.05, 0) is 29.9 Å². The summed E-state index contributed by atoms with van der Waals surface area (Å²) in [6.45, 7) is 8.41. The quantitative estimate of drug-likeness (QED) is 0.579. The van der Waals surface area contributed by atoms with E-state index in [1.54, 1.807) is 24.2 Å². The highest BCUT2D eigenvalue weighted by Crippen LogP contribution is 2.47. The molecule has 2 atom stereocenters. The summed E-state index contributed by atoms with van der Waals surface area (Å²) in [5.74, 6) is 0.191. The summed E-state index contributed by atoms with van der Waals surface area (Å²) in [4.78, 5) is 38.2. The van der Waals surface area contributed by atoms with Gasteiger partial charge in [0.2, 0.25) is 0 Å². The second kappa shape index (κ2) is 7.44. The van der Waals surface area contributed by atoms with Crippen LogP contribution in [0.25, 0.3) is 0 Å². The second-order valence-corrected chi connectivity index (χ2v) is 10.1. The highest BCUT2D eigenvalue weighted by atomic mass is 32.2. The van der Waals surface area contributed by atoms with Gasteiger partial charge in [-0.2, -0.15) is 0 Å². The number of rotatable bonds is 4. The van der Waals surface area contributed by atoms with Gasteiger partial charge < -0.3 is 10.3 Å². The lowest BCUT2D eigenvalue weighted by Gasteiger charge is -2.38. The first-order chi connectivity index (χ1) is 13.8. The third kappa shape index (κ3) is 3.75. The maximum Gasteiger partial charge on any atom is 0.257 e. The van der Waals surface area contributed by atoms with Crippen molar-refractivity contribution in [3.63, 3.8) is 0 Å². The zero-order valence-electron chi connectivity index (χ0n) is 17.2. The smallest absolute Gasteiger partial charge is 0.257 e.